The number of likely N-dealkylation sites (N-methyl/N-ethyl adjacent to an activating group) is 1. The van der Waals surface area contributed by atoms with Crippen LogP contribution in [0.1, 0.15) is 47.1 Å². The van der Waals surface area contributed by atoms with Crippen molar-refractivity contribution in [2.24, 2.45) is 5.92 Å². The van der Waals surface area contributed by atoms with Crippen LogP contribution in [0.25, 0.3) is 0 Å². The molecule has 0 saturated heterocycles. The smallest absolute Gasteiger partial charge is 0.330 e. The first-order valence-electron chi connectivity index (χ1n) is 10.8. The van der Waals surface area contributed by atoms with Gasteiger partial charge in [0.15, 0.2) is 6.61 Å². The lowest BCUT2D eigenvalue weighted by Crippen LogP contribution is -2.49. The summed E-state index contributed by atoms with van der Waals surface area (Å²) in [7, 11) is 1.61. The molecule has 1 heterocycles. The minimum atomic E-state index is -1.12. The fourth-order valence-corrected chi connectivity index (χ4v) is 3.68. The van der Waals surface area contributed by atoms with Crippen LogP contribution in [-0.2, 0) is 20.9 Å². The van der Waals surface area contributed by atoms with Gasteiger partial charge in [0.1, 0.15) is 11.8 Å². The summed E-state index contributed by atoms with van der Waals surface area (Å²) in [5, 5.41) is 0. The highest BCUT2D eigenvalue weighted by molar-refractivity contribution is 6.22. The molecule has 174 valence electrons. The van der Waals surface area contributed by atoms with Crippen LogP contribution >= 0.6 is 0 Å². The Morgan fingerprint density at radius 2 is 1.55 bits per heavy atom. The van der Waals surface area contributed by atoms with Crippen LogP contribution in [0.2, 0.25) is 0 Å². The monoisotopic (exact) mass is 452 g/mol. The van der Waals surface area contributed by atoms with Crippen molar-refractivity contribution in [3.63, 3.8) is 0 Å². The van der Waals surface area contributed by atoms with E-state index in [0.717, 1.165) is 16.2 Å². The maximum absolute atomic E-state index is 12.8. The summed E-state index contributed by atoms with van der Waals surface area (Å²) in [6.45, 7) is 5.75. The van der Waals surface area contributed by atoms with Gasteiger partial charge < -0.3 is 14.4 Å². The van der Waals surface area contributed by atoms with Gasteiger partial charge in [0, 0.05) is 13.6 Å². The molecule has 0 saturated carbocycles. The highest BCUT2D eigenvalue weighted by Gasteiger charge is 2.44. The molecule has 8 nitrogen and oxygen atoms in total. The van der Waals surface area contributed by atoms with E-state index in [1.807, 2.05) is 31.2 Å². The van der Waals surface area contributed by atoms with Gasteiger partial charge in [0.05, 0.1) is 17.7 Å². The van der Waals surface area contributed by atoms with Crippen LogP contribution < -0.4 is 4.74 Å². The molecule has 0 fully saturated rings. The molecule has 1 aliphatic heterocycles. The molecule has 3 rings (SSSR count). The highest BCUT2D eigenvalue weighted by Crippen LogP contribution is 2.27. The number of imide groups is 1. The van der Waals surface area contributed by atoms with Crippen LogP contribution in [0, 0.1) is 5.92 Å². The zero-order valence-corrected chi connectivity index (χ0v) is 19.2. The Bertz CT molecular complexity index is 1010. The predicted octanol–water partition coefficient (Wildman–Crippen LogP) is 2.91. The number of benzene rings is 2. The molecular formula is C25H28N2O6. The maximum Gasteiger partial charge on any atom is 0.330 e. The van der Waals surface area contributed by atoms with Crippen molar-refractivity contribution in [1.29, 1.82) is 0 Å². The summed E-state index contributed by atoms with van der Waals surface area (Å²) in [5.41, 5.74) is 1.41. The summed E-state index contributed by atoms with van der Waals surface area (Å²) in [6, 6.07) is 12.7. The summed E-state index contributed by atoms with van der Waals surface area (Å²) in [4.78, 5) is 53.3. The van der Waals surface area contributed by atoms with E-state index >= 15 is 0 Å². The third-order valence-electron chi connectivity index (χ3n) is 5.39. The van der Waals surface area contributed by atoms with Crippen molar-refractivity contribution in [2.45, 2.75) is 33.4 Å². The first-order chi connectivity index (χ1) is 15.7. The first kappa shape index (κ1) is 24.0. The van der Waals surface area contributed by atoms with Crippen LogP contribution in [-0.4, -0.2) is 59.8 Å². The first-order valence-corrected chi connectivity index (χ1v) is 10.8. The predicted molar refractivity (Wildman–Crippen MR) is 121 cm³/mol. The fraction of sp³-hybridized carbons (Fsp3) is 0.360. The summed E-state index contributed by atoms with van der Waals surface area (Å²) < 4.78 is 10.7. The highest BCUT2D eigenvalue weighted by atomic mass is 16.5. The molecule has 0 N–H and O–H groups in total. The molecule has 1 unspecified atom stereocenters. The normalized spacial score (nSPS) is 13.7. The zero-order chi connectivity index (χ0) is 24.1. The number of rotatable bonds is 9. The quantitative estimate of drug-likeness (QED) is 0.429. The molecule has 33 heavy (non-hydrogen) atoms. The average Bonchev–Trinajstić information content (AvgIpc) is 3.04. The Morgan fingerprint density at radius 3 is 2.06 bits per heavy atom. The number of carbonyl (C=O) groups is 4. The number of hydrogen-bond acceptors (Lipinski definition) is 6. The van der Waals surface area contributed by atoms with E-state index < -0.39 is 42.3 Å². The Kier molecular flexibility index (Phi) is 7.48. The number of hydrogen-bond donors (Lipinski definition) is 0. The van der Waals surface area contributed by atoms with E-state index in [-0.39, 0.29) is 11.1 Å². The fourth-order valence-electron chi connectivity index (χ4n) is 3.68. The molecule has 1 aliphatic rings. The van der Waals surface area contributed by atoms with E-state index in [1.54, 1.807) is 45.2 Å². The van der Waals surface area contributed by atoms with Crippen molar-refractivity contribution < 1.29 is 28.7 Å². The van der Waals surface area contributed by atoms with Crippen molar-refractivity contribution in [2.75, 3.05) is 20.3 Å². The van der Waals surface area contributed by atoms with Gasteiger partial charge in [-0.1, -0.05) is 38.1 Å². The van der Waals surface area contributed by atoms with Crippen LogP contribution in [0.4, 0.5) is 0 Å². The van der Waals surface area contributed by atoms with E-state index in [0.29, 0.717) is 13.2 Å². The molecule has 8 heteroatoms. The topological polar surface area (TPSA) is 93.2 Å². The van der Waals surface area contributed by atoms with Crippen molar-refractivity contribution in [3.05, 3.63) is 65.2 Å². The number of esters is 1. The van der Waals surface area contributed by atoms with Crippen LogP contribution in [0.15, 0.2) is 48.5 Å². The van der Waals surface area contributed by atoms with E-state index in [4.69, 9.17) is 9.47 Å². The molecule has 0 spiro atoms. The third kappa shape index (κ3) is 5.22. The second kappa shape index (κ2) is 10.3. The average molecular weight is 453 g/mol. The van der Waals surface area contributed by atoms with E-state index in [9.17, 15) is 19.2 Å². The molecule has 2 aromatic carbocycles. The summed E-state index contributed by atoms with van der Waals surface area (Å²) in [6.07, 6.45) is 0. The van der Waals surface area contributed by atoms with Gasteiger partial charge in [-0.3, -0.25) is 19.3 Å². The minimum absolute atomic E-state index is 0.257. The third-order valence-corrected chi connectivity index (χ3v) is 5.39. The van der Waals surface area contributed by atoms with Gasteiger partial charge in [0.25, 0.3) is 17.7 Å². The summed E-state index contributed by atoms with van der Waals surface area (Å²) >= 11 is 0. The number of fused-ring (bicyclic) bond motifs is 1. The second-order valence-electron chi connectivity index (χ2n) is 8.15. The molecule has 2 aromatic rings. The lowest BCUT2D eigenvalue weighted by Gasteiger charge is -2.27. The van der Waals surface area contributed by atoms with Gasteiger partial charge in [-0.2, -0.15) is 0 Å². The molecule has 0 aromatic heterocycles. The number of nitrogens with zero attached hydrogens (tertiary/aromatic N) is 2. The molecular weight excluding hydrogens is 424 g/mol. The van der Waals surface area contributed by atoms with Crippen molar-refractivity contribution in [1.82, 2.24) is 9.80 Å². The van der Waals surface area contributed by atoms with Crippen molar-refractivity contribution >= 4 is 23.7 Å². The van der Waals surface area contributed by atoms with Gasteiger partial charge in [0.2, 0.25) is 0 Å². The maximum atomic E-state index is 12.8. The van der Waals surface area contributed by atoms with Gasteiger partial charge >= 0.3 is 5.97 Å². The van der Waals surface area contributed by atoms with Gasteiger partial charge in [-0.15, -0.1) is 0 Å². The number of ether oxygens (including phenoxy) is 2. The van der Waals surface area contributed by atoms with Crippen molar-refractivity contribution in [3.8, 4) is 5.75 Å². The zero-order valence-electron chi connectivity index (χ0n) is 19.2. The van der Waals surface area contributed by atoms with Crippen LogP contribution in [0.3, 0.4) is 0 Å². The summed E-state index contributed by atoms with van der Waals surface area (Å²) in [5.74, 6) is -1.91. The number of amides is 3. The molecule has 3 amide bonds. The van der Waals surface area contributed by atoms with Crippen LogP contribution in [0.5, 0.6) is 5.75 Å². The Balaban J connectivity index is 1.61. The van der Waals surface area contributed by atoms with E-state index in [2.05, 4.69) is 0 Å². The Hall–Kier alpha value is -3.68. The molecule has 0 bridgehead atoms. The lowest BCUT2D eigenvalue weighted by atomic mass is 10.0. The molecule has 0 aliphatic carbocycles. The Morgan fingerprint density at radius 1 is 0.970 bits per heavy atom. The molecule has 0 radical (unpaired) electrons. The Labute approximate surface area is 193 Å². The largest absolute Gasteiger partial charge is 0.494 e. The second-order valence-corrected chi connectivity index (χ2v) is 8.15. The van der Waals surface area contributed by atoms with Gasteiger partial charge in [-0.05, 0) is 42.7 Å². The number of carbonyl (C=O) groups excluding carboxylic acids is 4. The SMILES string of the molecule is CCOc1ccc(CN(C)C(=O)COC(=O)C(C(C)C)N2C(=O)c3ccccc3C2=O)cc1. The lowest BCUT2D eigenvalue weighted by molar-refractivity contribution is -0.156. The minimum Gasteiger partial charge on any atom is -0.494 e. The van der Waals surface area contributed by atoms with Gasteiger partial charge in [-0.25, -0.2) is 4.79 Å². The standard InChI is InChI=1S/C25H28N2O6/c1-5-32-18-12-10-17(11-13-18)14-26(4)21(28)15-33-25(31)22(16(2)3)27-23(29)19-8-6-7-9-20(19)24(27)30/h6-13,16,22H,5,14-15H2,1-4H3. The molecule has 1 atom stereocenters. The van der Waals surface area contributed by atoms with E-state index in [1.165, 1.54) is 4.90 Å².